The van der Waals surface area contributed by atoms with Gasteiger partial charge < -0.3 is 9.64 Å². The molecule has 4 rings (SSSR count). The van der Waals surface area contributed by atoms with E-state index in [1.807, 2.05) is 0 Å². The lowest BCUT2D eigenvalue weighted by atomic mass is 10.0. The summed E-state index contributed by atoms with van der Waals surface area (Å²) < 4.78 is 105. The summed E-state index contributed by atoms with van der Waals surface area (Å²) in [7, 11) is -4.82. The van der Waals surface area contributed by atoms with Gasteiger partial charge in [-0.2, -0.15) is 22.0 Å². The van der Waals surface area contributed by atoms with E-state index in [0.29, 0.717) is 5.56 Å². The second-order valence-electron chi connectivity index (χ2n) is 7.42. The number of alkyl halides is 5. The number of nitrogens with zero attached hydrogens (tertiary/aromatic N) is 2. The highest BCUT2D eigenvalue weighted by Crippen LogP contribution is 2.38. The number of carbonyl (C=O) groups excluding carboxylic acids is 1. The van der Waals surface area contributed by atoms with Crippen LogP contribution in [0, 0.1) is 5.82 Å². The van der Waals surface area contributed by atoms with Crippen molar-refractivity contribution in [2.75, 3.05) is 11.5 Å². The molecule has 1 amide bonds. The Bertz CT molecular complexity index is 1390. The SMILES string of the molecule is O=C1c2ccnc(-c3ccc(F)cc3OCC(F)(F)F)c2CN1c1ccc(S(=O)(=O)C(F)F)cc1. The van der Waals surface area contributed by atoms with Crippen LogP contribution < -0.4 is 9.64 Å². The van der Waals surface area contributed by atoms with Gasteiger partial charge in [-0.1, -0.05) is 0 Å². The number of halogens is 6. The van der Waals surface area contributed by atoms with Crippen molar-refractivity contribution in [2.45, 2.75) is 23.4 Å². The number of pyridine rings is 1. The lowest BCUT2D eigenvalue weighted by molar-refractivity contribution is -0.153. The summed E-state index contributed by atoms with van der Waals surface area (Å²) in [6.07, 6.45) is -3.42. The van der Waals surface area contributed by atoms with Gasteiger partial charge in [0, 0.05) is 34.6 Å². The van der Waals surface area contributed by atoms with E-state index in [0.717, 1.165) is 24.3 Å². The third-order valence-electron chi connectivity index (χ3n) is 5.15. The zero-order valence-corrected chi connectivity index (χ0v) is 18.2. The molecule has 35 heavy (non-hydrogen) atoms. The highest BCUT2D eigenvalue weighted by Gasteiger charge is 2.34. The van der Waals surface area contributed by atoms with Gasteiger partial charge in [0.1, 0.15) is 11.6 Å². The molecule has 0 bridgehead atoms. The maximum Gasteiger partial charge on any atom is 0.422 e. The molecule has 0 fully saturated rings. The molecule has 1 aromatic heterocycles. The number of hydrogen-bond donors (Lipinski definition) is 0. The summed E-state index contributed by atoms with van der Waals surface area (Å²) in [6.45, 7) is -1.79. The van der Waals surface area contributed by atoms with Crippen molar-refractivity contribution >= 4 is 21.4 Å². The van der Waals surface area contributed by atoms with E-state index in [9.17, 15) is 39.6 Å². The van der Waals surface area contributed by atoms with Gasteiger partial charge in [-0.15, -0.1) is 0 Å². The van der Waals surface area contributed by atoms with Gasteiger partial charge in [-0.05, 0) is 42.5 Å². The minimum absolute atomic E-state index is 0.0283. The number of rotatable bonds is 6. The first kappa shape index (κ1) is 24.5. The van der Waals surface area contributed by atoms with Gasteiger partial charge in [0.2, 0.25) is 9.84 Å². The number of amides is 1. The molecule has 2 aromatic carbocycles. The van der Waals surface area contributed by atoms with Crippen LogP contribution in [0.5, 0.6) is 5.75 Å². The Labute approximate surface area is 194 Å². The van der Waals surface area contributed by atoms with E-state index >= 15 is 0 Å². The number of anilines is 1. The van der Waals surface area contributed by atoms with E-state index in [2.05, 4.69) is 4.98 Å². The predicted molar refractivity (Wildman–Crippen MR) is 111 cm³/mol. The summed E-state index contributed by atoms with van der Waals surface area (Å²) in [4.78, 5) is 17.7. The summed E-state index contributed by atoms with van der Waals surface area (Å²) in [6, 6.07) is 8.60. The number of hydrogen-bond acceptors (Lipinski definition) is 5. The fraction of sp³-hybridized carbons (Fsp3) is 0.182. The van der Waals surface area contributed by atoms with Gasteiger partial charge in [0.05, 0.1) is 17.1 Å². The fourth-order valence-electron chi connectivity index (χ4n) is 3.56. The van der Waals surface area contributed by atoms with E-state index in [1.165, 1.54) is 35.4 Å². The molecule has 13 heteroatoms. The normalized spacial score (nSPS) is 13.9. The minimum Gasteiger partial charge on any atom is -0.483 e. The average molecular weight is 516 g/mol. The molecule has 0 saturated carbocycles. The minimum atomic E-state index is -4.82. The first-order valence-electron chi connectivity index (χ1n) is 9.80. The van der Waals surface area contributed by atoms with Crippen LogP contribution in [-0.2, 0) is 16.4 Å². The lowest BCUT2D eigenvalue weighted by Gasteiger charge is -2.17. The summed E-state index contributed by atoms with van der Waals surface area (Å²) in [5.41, 5.74) is 0.779. The molecule has 0 aliphatic carbocycles. The number of aromatic nitrogens is 1. The Kier molecular flexibility index (Phi) is 6.21. The molecule has 0 atom stereocenters. The van der Waals surface area contributed by atoms with Crippen molar-refractivity contribution in [3.05, 3.63) is 71.7 Å². The largest absolute Gasteiger partial charge is 0.483 e. The summed E-state index contributed by atoms with van der Waals surface area (Å²) in [5.74, 6) is -5.40. The van der Waals surface area contributed by atoms with Gasteiger partial charge >= 0.3 is 11.9 Å². The first-order valence-corrected chi connectivity index (χ1v) is 11.3. The van der Waals surface area contributed by atoms with Crippen LogP contribution in [0.2, 0.25) is 0 Å². The molecule has 0 unspecified atom stereocenters. The molecule has 0 N–H and O–H groups in total. The van der Waals surface area contributed by atoms with Crippen molar-refractivity contribution in [1.82, 2.24) is 4.98 Å². The molecule has 0 saturated heterocycles. The Balaban J connectivity index is 1.70. The molecular weight excluding hydrogens is 502 g/mol. The molecule has 0 radical (unpaired) electrons. The molecule has 1 aliphatic rings. The van der Waals surface area contributed by atoms with Crippen molar-refractivity contribution in [3.8, 4) is 17.0 Å². The van der Waals surface area contributed by atoms with E-state index < -0.39 is 50.7 Å². The second-order valence-corrected chi connectivity index (χ2v) is 9.34. The lowest BCUT2D eigenvalue weighted by Crippen LogP contribution is -2.23. The number of carbonyl (C=O) groups is 1. The number of sulfone groups is 1. The van der Waals surface area contributed by atoms with Crippen LogP contribution in [0.15, 0.2) is 59.6 Å². The third-order valence-corrected chi connectivity index (χ3v) is 6.55. The molecule has 2 heterocycles. The molecule has 3 aromatic rings. The van der Waals surface area contributed by atoms with Crippen LogP contribution in [0.4, 0.5) is 32.0 Å². The van der Waals surface area contributed by atoms with Crippen LogP contribution in [0.1, 0.15) is 15.9 Å². The van der Waals surface area contributed by atoms with E-state index in [1.54, 1.807) is 0 Å². The number of ether oxygens (including phenoxy) is 1. The van der Waals surface area contributed by atoms with Crippen LogP contribution in [0.25, 0.3) is 11.3 Å². The van der Waals surface area contributed by atoms with E-state index in [4.69, 9.17) is 4.74 Å². The average Bonchev–Trinajstić information content (AvgIpc) is 3.14. The van der Waals surface area contributed by atoms with Crippen molar-refractivity contribution in [2.24, 2.45) is 0 Å². The Morgan fingerprint density at radius 3 is 2.34 bits per heavy atom. The molecular formula is C22H14F6N2O4S. The topological polar surface area (TPSA) is 76.6 Å². The summed E-state index contributed by atoms with van der Waals surface area (Å²) in [5, 5.41) is 0. The maximum atomic E-state index is 13.7. The molecule has 6 nitrogen and oxygen atoms in total. The van der Waals surface area contributed by atoms with Gasteiger partial charge in [-0.3, -0.25) is 9.78 Å². The first-order chi connectivity index (χ1) is 16.4. The standard InChI is InChI=1S/C22H14F6N2O4S/c23-12-1-6-16(18(9-12)34-11-22(26,27)28)19-17-10-30(20(31)15(17)7-8-29-19)13-2-4-14(5-3-13)35(32,33)21(24)25/h1-9,21H,10-11H2. The Morgan fingerprint density at radius 1 is 1.03 bits per heavy atom. The molecule has 184 valence electrons. The highest BCUT2D eigenvalue weighted by molar-refractivity contribution is 7.91. The Morgan fingerprint density at radius 2 is 1.71 bits per heavy atom. The molecule has 1 aliphatic heterocycles. The number of benzene rings is 2. The fourth-order valence-corrected chi connectivity index (χ4v) is 4.28. The number of fused-ring (bicyclic) bond motifs is 1. The third kappa shape index (κ3) is 4.81. The monoisotopic (exact) mass is 516 g/mol. The zero-order chi connectivity index (χ0) is 25.5. The maximum absolute atomic E-state index is 13.7. The van der Waals surface area contributed by atoms with E-state index in [-0.39, 0.29) is 29.1 Å². The Hall–Kier alpha value is -3.61. The van der Waals surface area contributed by atoms with Crippen LogP contribution >= 0.6 is 0 Å². The second kappa shape index (κ2) is 8.87. The van der Waals surface area contributed by atoms with Gasteiger partial charge in [0.15, 0.2) is 6.61 Å². The summed E-state index contributed by atoms with van der Waals surface area (Å²) >= 11 is 0. The van der Waals surface area contributed by atoms with Gasteiger partial charge in [0.25, 0.3) is 5.91 Å². The quantitative estimate of drug-likeness (QED) is 0.432. The van der Waals surface area contributed by atoms with Crippen LogP contribution in [0.3, 0.4) is 0 Å². The smallest absolute Gasteiger partial charge is 0.422 e. The zero-order valence-electron chi connectivity index (χ0n) is 17.4. The highest BCUT2D eigenvalue weighted by atomic mass is 32.2. The van der Waals surface area contributed by atoms with Crippen LogP contribution in [-0.4, -0.2) is 37.8 Å². The van der Waals surface area contributed by atoms with Crippen molar-refractivity contribution in [1.29, 1.82) is 0 Å². The van der Waals surface area contributed by atoms with Crippen molar-refractivity contribution in [3.63, 3.8) is 0 Å². The van der Waals surface area contributed by atoms with Gasteiger partial charge in [-0.25, -0.2) is 12.8 Å². The van der Waals surface area contributed by atoms with Crippen molar-refractivity contribution < 1.29 is 44.3 Å². The predicted octanol–water partition coefficient (Wildman–Crippen LogP) is 4.99. The molecule has 0 spiro atoms.